The number of aliphatic hydroxyl groups excluding tert-OH is 1. The number of nitrogens with two attached hydrogens (primary N) is 2. The van der Waals surface area contributed by atoms with Crippen LogP contribution >= 0.6 is 0 Å². The Balaban J connectivity index is 1.26. The number of ether oxygens (including phenoxy) is 2. The smallest absolute Gasteiger partial charge is 0.276 e. The van der Waals surface area contributed by atoms with E-state index in [1.165, 1.54) is 12.1 Å². The van der Waals surface area contributed by atoms with Crippen LogP contribution in [0, 0.1) is 13.8 Å². The number of aliphatic hydroxyl groups is 1. The van der Waals surface area contributed by atoms with Crippen LogP contribution in [-0.4, -0.2) is 113 Å². The van der Waals surface area contributed by atoms with E-state index < -0.39 is 29.7 Å². The third kappa shape index (κ3) is 9.97. The molecule has 1 aliphatic rings. The van der Waals surface area contributed by atoms with Gasteiger partial charge in [-0.25, -0.2) is 9.97 Å². The Morgan fingerprint density at radius 1 is 0.846 bits per heavy atom. The Morgan fingerprint density at radius 2 is 1.46 bits per heavy atom. The Labute approximate surface area is 372 Å². The van der Waals surface area contributed by atoms with Crippen LogP contribution in [0.5, 0.6) is 11.5 Å². The molecular weight excluding hydrogens is 841 g/mol. The van der Waals surface area contributed by atoms with Crippen molar-refractivity contribution in [3.05, 3.63) is 82.5 Å². The van der Waals surface area contributed by atoms with Gasteiger partial charge in [0.05, 0.1) is 54.8 Å². The third-order valence-electron chi connectivity index (χ3n) is 10.6. The molecule has 1 aliphatic heterocycles. The first-order valence-corrected chi connectivity index (χ1v) is 21.2. The van der Waals surface area contributed by atoms with Gasteiger partial charge in [0.15, 0.2) is 0 Å². The number of carbonyl (C=O) groups excluding carboxylic acids is 5. The molecule has 0 bridgehead atoms. The summed E-state index contributed by atoms with van der Waals surface area (Å²) in [7, 11) is 0. The van der Waals surface area contributed by atoms with Crippen LogP contribution < -0.4 is 42.2 Å². The summed E-state index contributed by atoms with van der Waals surface area (Å²) in [5.74, 6) is -1.57. The molecule has 7 rings (SSSR count). The first-order chi connectivity index (χ1) is 31.3. The maximum atomic E-state index is 13.9. The van der Waals surface area contributed by atoms with Crippen molar-refractivity contribution in [3.8, 4) is 11.5 Å². The summed E-state index contributed by atoms with van der Waals surface area (Å²) in [6.07, 6.45) is 4.60. The summed E-state index contributed by atoms with van der Waals surface area (Å²) in [6.45, 7) is 9.26. The van der Waals surface area contributed by atoms with Crippen molar-refractivity contribution in [3.63, 3.8) is 0 Å². The number of anilines is 2. The normalized spacial score (nSPS) is 13.5. The van der Waals surface area contributed by atoms with E-state index in [2.05, 4.69) is 31.5 Å². The molecule has 342 valence electrons. The Hall–Kier alpha value is -7.59. The fraction of sp³-hybridized carbons (Fsp3) is 0.372. The highest BCUT2D eigenvalue weighted by Crippen LogP contribution is 2.38. The summed E-state index contributed by atoms with van der Waals surface area (Å²) >= 11 is 0. The summed E-state index contributed by atoms with van der Waals surface area (Å²) in [5.41, 5.74) is 15.4. The number of nitrogens with one attached hydrogen (secondary N) is 4. The fourth-order valence-corrected chi connectivity index (χ4v) is 7.63. The van der Waals surface area contributed by atoms with Gasteiger partial charge in [-0.3, -0.25) is 48.5 Å². The molecule has 6 aromatic rings. The first kappa shape index (κ1) is 45.4. The number of rotatable bonds is 20. The lowest BCUT2D eigenvalue weighted by Gasteiger charge is -2.17. The van der Waals surface area contributed by atoms with Gasteiger partial charge in [-0.15, -0.1) is 0 Å². The highest BCUT2D eigenvalue weighted by Gasteiger charge is 2.28. The molecule has 22 heteroatoms. The second-order valence-corrected chi connectivity index (χ2v) is 15.2. The van der Waals surface area contributed by atoms with Crippen molar-refractivity contribution < 1.29 is 38.6 Å². The topological polar surface area (TPSA) is 295 Å². The molecule has 0 saturated carbocycles. The summed E-state index contributed by atoms with van der Waals surface area (Å²) < 4.78 is 19.2. The van der Waals surface area contributed by atoms with Gasteiger partial charge in [-0.1, -0.05) is 12.2 Å². The zero-order valence-corrected chi connectivity index (χ0v) is 36.5. The van der Waals surface area contributed by atoms with Gasteiger partial charge in [0.2, 0.25) is 29.6 Å². The zero-order valence-electron chi connectivity index (χ0n) is 36.5. The molecule has 2 aromatic carbocycles. The van der Waals surface area contributed by atoms with Crippen molar-refractivity contribution in [2.75, 3.05) is 50.1 Å². The second-order valence-electron chi connectivity index (χ2n) is 15.2. The minimum Gasteiger partial charge on any atom is -0.491 e. The van der Waals surface area contributed by atoms with Crippen molar-refractivity contribution in [2.45, 2.75) is 66.2 Å². The minimum atomic E-state index is -0.718. The number of carbonyl (C=O) groups is 5. The quantitative estimate of drug-likeness (QED) is 0.0428. The van der Waals surface area contributed by atoms with Crippen LogP contribution in [0.2, 0.25) is 0 Å². The minimum absolute atomic E-state index is 0.0475. The molecule has 0 unspecified atom stereocenters. The monoisotopic (exact) mass is 892 g/mol. The lowest BCUT2D eigenvalue weighted by molar-refractivity contribution is -0.120. The molecule has 0 fully saturated rings. The van der Waals surface area contributed by atoms with Gasteiger partial charge in [0.1, 0.15) is 33.9 Å². The molecule has 0 spiro atoms. The molecule has 65 heavy (non-hydrogen) atoms. The van der Waals surface area contributed by atoms with E-state index in [1.807, 2.05) is 30.6 Å². The van der Waals surface area contributed by atoms with Crippen molar-refractivity contribution in [1.82, 2.24) is 49.3 Å². The third-order valence-corrected chi connectivity index (χ3v) is 10.6. The summed E-state index contributed by atoms with van der Waals surface area (Å²) in [4.78, 5) is 74.3. The highest BCUT2D eigenvalue weighted by atomic mass is 16.5. The fourth-order valence-electron chi connectivity index (χ4n) is 7.63. The van der Waals surface area contributed by atoms with E-state index in [0.29, 0.717) is 76.5 Å². The molecule has 5 amide bonds. The van der Waals surface area contributed by atoms with Gasteiger partial charge in [-0.2, -0.15) is 10.2 Å². The predicted octanol–water partition coefficient (Wildman–Crippen LogP) is 2.19. The van der Waals surface area contributed by atoms with Crippen LogP contribution in [0.15, 0.2) is 48.6 Å². The Bertz CT molecular complexity index is 2820. The number of amides is 5. The largest absolute Gasteiger partial charge is 0.491 e. The second kappa shape index (κ2) is 19.8. The molecule has 1 atom stereocenters. The van der Waals surface area contributed by atoms with E-state index in [-0.39, 0.29) is 80.7 Å². The van der Waals surface area contributed by atoms with E-state index in [4.69, 9.17) is 36.0 Å². The van der Waals surface area contributed by atoms with E-state index in [9.17, 15) is 24.0 Å². The van der Waals surface area contributed by atoms with Crippen molar-refractivity contribution >= 4 is 63.5 Å². The molecule has 0 aliphatic carbocycles. The molecule has 22 nitrogen and oxygen atoms in total. The Kier molecular flexibility index (Phi) is 13.9. The predicted molar refractivity (Wildman–Crippen MR) is 239 cm³/mol. The average molecular weight is 893 g/mol. The standard InChI is InChI=1S/C43H52N14O8/c1-5-55-31(17-24(3)52-55)40(62)50-42-48-29-19-26(38(44)60)21-33(64-15-8-11-47-35(59)23-46-12-14-58)36(29)54(42)13-7-9-28-10-16-65-34-22-27(39(45)61)20-30-37(34)57(28)43(49-30)51-41(63)32-18-25(4)53-56(32)6-2/h7,9,17-22,28,46,58H,5-6,8,10-16,23H2,1-4H3,(H2,44,60)(H2,45,61)(H,47,59)(H,48,50,62)(H,49,51,63)/b9-7+/t28-/m0/s1. The van der Waals surface area contributed by atoms with Crippen molar-refractivity contribution in [1.29, 1.82) is 0 Å². The lowest BCUT2D eigenvalue weighted by atomic mass is 10.1. The van der Waals surface area contributed by atoms with E-state index in [0.717, 1.165) is 0 Å². The van der Waals surface area contributed by atoms with Crippen molar-refractivity contribution in [2.24, 2.45) is 11.5 Å². The van der Waals surface area contributed by atoms with Crippen LogP contribution in [-0.2, 0) is 24.4 Å². The first-order valence-electron chi connectivity index (χ1n) is 21.2. The number of aryl methyl sites for hydroxylation is 4. The molecule has 0 radical (unpaired) electrons. The van der Waals surface area contributed by atoms with Crippen LogP contribution in [0.3, 0.4) is 0 Å². The van der Waals surface area contributed by atoms with Gasteiger partial charge >= 0.3 is 0 Å². The molecular formula is C43H52N14O8. The maximum absolute atomic E-state index is 13.9. The number of hydrogen-bond acceptors (Lipinski definition) is 13. The maximum Gasteiger partial charge on any atom is 0.276 e. The van der Waals surface area contributed by atoms with E-state index >= 15 is 0 Å². The van der Waals surface area contributed by atoms with Gasteiger partial charge < -0.3 is 41.2 Å². The Morgan fingerprint density at radius 3 is 2.09 bits per heavy atom. The number of nitrogens with zero attached hydrogens (tertiary/aromatic N) is 8. The summed E-state index contributed by atoms with van der Waals surface area (Å²) in [5, 5.41) is 29.3. The number of imidazole rings is 2. The number of hydrogen-bond donors (Lipinski definition) is 7. The molecule has 5 heterocycles. The number of allylic oxidation sites excluding steroid dienone is 2. The summed E-state index contributed by atoms with van der Waals surface area (Å²) in [6, 6.07) is 9.03. The lowest BCUT2D eigenvalue weighted by Crippen LogP contribution is -2.35. The SMILES string of the molecule is CCn1nc(C)cc1C(=O)Nc1nc2cc(C(N)=O)cc(OCCCNC(=O)CNCCO)c2n1C/C=C/[C@H]1CCOc2cc(C(N)=O)cc3nc(NC(=O)c4cc(C)nn4CC)n1c23. The van der Waals surface area contributed by atoms with Gasteiger partial charge in [-0.05, 0) is 70.5 Å². The van der Waals surface area contributed by atoms with Crippen LogP contribution in [0.4, 0.5) is 11.9 Å². The van der Waals surface area contributed by atoms with Gasteiger partial charge in [0, 0.05) is 50.3 Å². The molecule has 9 N–H and O–H groups in total. The zero-order chi connectivity index (χ0) is 46.4. The number of aromatic nitrogens is 8. The number of fused-ring (bicyclic) bond motifs is 1. The average Bonchev–Trinajstić information content (AvgIpc) is 4.01. The van der Waals surface area contributed by atoms with Crippen LogP contribution in [0.25, 0.3) is 22.1 Å². The number of primary amides is 2. The molecule has 4 aromatic heterocycles. The molecule has 0 saturated heterocycles. The highest BCUT2D eigenvalue weighted by molar-refractivity contribution is 6.05. The van der Waals surface area contributed by atoms with Crippen LogP contribution in [0.1, 0.15) is 85.8 Å². The number of benzene rings is 2. The van der Waals surface area contributed by atoms with E-state index in [1.54, 1.807) is 52.0 Å². The van der Waals surface area contributed by atoms with Gasteiger partial charge in [0.25, 0.3) is 11.8 Å².